The van der Waals surface area contributed by atoms with Crippen LogP contribution < -0.4 is 0 Å². The van der Waals surface area contributed by atoms with Gasteiger partial charge >= 0.3 is 6.18 Å². The van der Waals surface area contributed by atoms with Crippen molar-refractivity contribution in [3.05, 3.63) is 34.3 Å². The van der Waals surface area contributed by atoms with E-state index in [0.717, 1.165) is 17.8 Å². The van der Waals surface area contributed by atoms with Gasteiger partial charge in [0, 0.05) is 17.7 Å². The average Bonchev–Trinajstić information content (AvgIpc) is 2.12. The van der Waals surface area contributed by atoms with Crippen molar-refractivity contribution in [2.24, 2.45) is 0 Å². The van der Waals surface area contributed by atoms with Gasteiger partial charge in [-0.3, -0.25) is 4.79 Å². The molecule has 0 unspecified atom stereocenters. The molecular weight excluding hydrogens is 261 g/mol. The summed E-state index contributed by atoms with van der Waals surface area (Å²) in [6.45, 7) is 1.31. The van der Waals surface area contributed by atoms with Crippen molar-refractivity contribution < 1.29 is 18.0 Å². The Labute approximate surface area is 100.0 Å². The predicted octanol–water partition coefficient (Wildman–Crippen LogP) is 4.14. The second kappa shape index (κ2) is 5.10. The quantitative estimate of drug-likeness (QED) is 0.802. The average molecular weight is 269 g/mol. The maximum Gasteiger partial charge on any atom is 0.416 e. The number of hydrogen-bond acceptors (Lipinski definition) is 2. The Balaban J connectivity index is 3.04. The summed E-state index contributed by atoms with van der Waals surface area (Å²) in [5, 5.41) is 0.000233. The number of thioether (sulfide) groups is 1. The van der Waals surface area contributed by atoms with E-state index in [1.54, 1.807) is 0 Å². The fraction of sp³-hybridized carbons (Fsp3) is 0.300. The zero-order valence-corrected chi connectivity index (χ0v) is 9.84. The number of halogens is 4. The summed E-state index contributed by atoms with van der Waals surface area (Å²) in [7, 11) is 0. The van der Waals surface area contributed by atoms with Gasteiger partial charge in [-0.05, 0) is 23.8 Å². The maximum absolute atomic E-state index is 12.6. The first-order chi connectivity index (χ1) is 7.30. The molecule has 0 saturated carbocycles. The lowest BCUT2D eigenvalue weighted by atomic mass is 10.1. The van der Waals surface area contributed by atoms with Gasteiger partial charge in [0.15, 0.2) is 5.12 Å². The molecule has 0 bridgehead atoms. The van der Waals surface area contributed by atoms with Gasteiger partial charge in [0.1, 0.15) is 0 Å². The van der Waals surface area contributed by atoms with E-state index in [1.165, 1.54) is 19.1 Å². The van der Waals surface area contributed by atoms with Crippen LogP contribution in [0.25, 0.3) is 0 Å². The van der Waals surface area contributed by atoms with Crippen LogP contribution >= 0.6 is 23.4 Å². The van der Waals surface area contributed by atoms with Crippen molar-refractivity contribution in [1.29, 1.82) is 0 Å². The highest BCUT2D eigenvalue weighted by Gasteiger charge is 2.33. The number of carbonyl (C=O) groups is 1. The molecule has 1 aromatic rings. The minimum atomic E-state index is -4.42. The molecule has 0 aliphatic heterocycles. The van der Waals surface area contributed by atoms with Gasteiger partial charge in [0.25, 0.3) is 0 Å². The Bertz CT molecular complexity index is 404. The van der Waals surface area contributed by atoms with Crippen molar-refractivity contribution in [3.63, 3.8) is 0 Å². The van der Waals surface area contributed by atoms with Gasteiger partial charge in [-0.15, -0.1) is 0 Å². The van der Waals surface area contributed by atoms with Gasteiger partial charge < -0.3 is 0 Å². The van der Waals surface area contributed by atoms with Crippen molar-refractivity contribution in [3.8, 4) is 0 Å². The van der Waals surface area contributed by atoms with Crippen LogP contribution in [0.4, 0.5) is 13.2 Å². The molecule has 16 heavy (non-hydrogen) atoms. The lowest BCUT2D eigenvalue weighted by molar-refractivity contribution is -0.138. The summed E-state index contributed by atoms with van der Waals surface area (Å²) in [5.41, 5.74) is -0.717. The Morgan fingerprint density at radius 1 is 1.44 bits per heavy atom. The molecule has 0 amide bonds. The van der Waals surface area contributed by atoms with E-state index in [4.69, 9.17) is 11.6 Å². The number of alkyl halides is 3. The highest BCUT2D eigenvalue weighted by molar-refractivity contribution is 8.12. The van der Waals surface area contributed by atoms with Gasteiger partial charge in [-0.1, -0.05) is 23.4 Å². The van der Waals surface area contributed by atoms with Gasteiger partial charge in [0.05, 0.1) is 5.56 Å². The molecular formula is C10H8ClF3OS. The molecule has 0 aliphatic rings. The lowest BCUT2D eigenvalue weighted by Crippen LogP contribution is -2.08. The van der Waals surface area contributed by atoms with E-state index in [2.05, 4.69) is 0 Å². The van der Waals surface area contributed by atoms with Crippen LogP contribution in [0.2, 0.25) is 5.02 Å². The van der Waals surface area contributed by atoms with E-state index in [0.29, 0.717) is 0 Å². The first kappa shape index (κ1) is 13.4. The zero-order chi connectivity index (χ0) is 12.3. The fourth-order valence-corrected chi connectivity index (χ4v) is 1.93. The molecule has 0 heterocycles. The van der Waals surface area contributed by atoms with Gasteiger partial charge in [-0.25, -0.2) is 0 Å². The van der Waals surface area contributed by atoms with Crippen molar-refractivity contribution >= 4 is 28.5 Å². The summed E-state index contributed by atoms with van der Waals surface area (Å²) >= 11 is 6.45. The molecule has 0 fully saturated rings. The third kappa shape index (κ3) is 3.72. The largest absolute Gasteiger partial charge is 0.416 e. The van der Waals surface area contributed by atoms with E-state index in [9.17, 15) is 18.0 Å². The van der Waals surface area contributed by atoms with E-state index >= 15 is 0 Å². The molecule has 88 valence electrons. The third-order valence-corrected chi connectivity index (χ3v) is 2.90. The van der Waals surface area contributed by atoms with Crippen LogP contribution in [0.1, 0.15) is 18.1 Å². The standard InChI is InChI=1S/C10H8ClF3OS/c1-6(15)16-5-7-4-8(11)2-3-9(7)10(12,13)14/h2-4H,5H2,1H3. The fourth-order valence-electron chi connectivity index (χ4n) is 1.14. The summed E-state index contributed by atoms with van der Waals surface area (Å²) < 4.78 is 37.7. The maximum atomic E-state index is 12.6. The predicted molar refractivity (Wildman–Crippen MR) is 58.4 cm³/mol. The second-order valence-electron chi connectivity index (χ2n) is 3.08. The second-order valence-corrected chi connectivity index (χ2v) is 4.67. The van der Waals surface area contributed by atoms with Crippen molar-refractivity contribution in [2.45, 2.75) is 18.9 Å². The molecule has 1 rings (SSSR count). The van der Waals surface area contributed by atoms with Crippen molar-refractivity contribution in [1.82, 2.24) is 0 Å². The molecule has 0 atom stereocenters. The van der Waals surface area contributed by atoms with Crippen LogP contribution in [0.15, 0.2) is 18.2 Å². The molecule has 0 N–H and O–H groups in total. The number of carbonyl (C=O) groups excluding carboxylic acids is 1. The Morgan fingerprint density at radius 3 is 2.56 bits per heavy atom. The van der Waals surface area contributed by atoms with Crippen LogP contribution in [-0.4, -0.2) is 5.12 Å². The Hall–Kier alpha value is -0.680. The smallest absolute Gasteiger partial charge is 0.288 e. The first-order valence-electron chi connectivity index (χ1n) is 4.29. The van der Waals surface area contributed by atoms with E-state index < -0.39 is 11.7 Å². The highest BCUT2D eigenvalue weighted by atomic mass is 35.5. The minimum Gasteiger partial charge on any atom is -0.288 e. The highest BCUT2D eigenvalue weighted by Crippen LogP contribution is 2.34. The van der Waals surface area contributed by atoms with Crippen LogP contribution in [-0.2, 0) is 16.7 Å². The van der Waals surface area contributed by atoms with Crippen molar-refractivity contribution in [2.75, 3.05) is 0 Å². The molecule has 1 nitrogen and oxygen atoms in total. The van der Waals surface area contributed by atoms with E-state index in [-0.39, 0.29) is 21.5 Å². The normalized spacial score (nSPS) is 11.6. The number of benzene rings is 1. The van der Waals surface area contributed by atoms with Crippen LogP contribution in [0.3, 0.4) is 0 Å². The third-order valence-electron chi connectivity index (χ3n) is 1.80. The minimum absolute atomic E-state index is 0.0231. The number of hydrogen-bond donors (Lipinski definition) is 0. The molecule has 0 radical (unpaired) electrons. The number of rotatable bonds is 2. The topological polar surface area (TPSA) is 17.1 Å². The van der Waals surface area contributed by atoms with Crippen LogP contribution in [0, 0.1) is 0 Å². The molecule has 0 aliphatic carbocycles. The Kier molecular flexibility index (Phi) is 4.27. The summed E-state index contributed by atoms with van der Waals surface area (Å²) in [4.78, 5) is 10.7. The van der Waals surface area contributed by atoms with E-state index in [1.807, 2.05) is 0 Å². The molecule has 0 spiro atoms. The molecule has 6 heteroatoms. The SMILES string of the molecule is CC(=O)SCc1cc(Cl)ccc1C(F)(F)F. The summed E-state index contributed by atoms with van der Waals surface area (Å²) in [6.07, 6.45) is -4.42. The first-order valence-corrected chi connectivity index (χ1v) is 5.66. The van der Waals surface area contributed by atoms with Gasteiger partial charge in [-0.2, -0.15) is 13.2 Å². The monoisotopic (exact) mass is 268 g/mol. The molecule has 1 aromatic carbocycles. The zero-order valence-electron chi connectivity index (χ0n) is 8.27. The van der Waals surface area contributed by atoms with Crippen LogP contribution in [0.5, 0.6) is 0 Å². The Morgan fingerprint density at radius 2 is 2.06 bits per heavy atom. The van der Waals surface area contributed by atoms with Gasteiger partial charge in [0.2, 0.25) is 0 Å². The summed E-state index contributed by atoms with van der Waals surface area (Å²) in [6, 6.07) is 3.35. The molecule has 0 aromatic heterocycles. The summed E-state index contributed by atoms with van der Waals surface area (Å²) in [5.74, 6) is -0.0231. The molecule has 0 saturated heterocycles. The lowest BCUT2D eigenvalue weighted by Gasteiger charge is -2.12.